The number of amides is 1. The quantitative estimate of drug-likeness (QED) is 0.201. The molecule has 6 rings (SSSR count). The van der Waals surface area contributed by atoms with Crippen molar-refractivity contribution in [3.05, 3.63) is 82.1 Å². The zero-order chi connectivity index (χ0) is 33.1. The minimum Gasteiger partial charge on any atom is -0.480 e. The zero-order valence-corrected chi connectivity index (χ0v) is 27.8. The number of likely N-dealkylation sites (tertiary alicyclic amines) is 1. The predicted molar refractivity (Wildman–Crippen MR) is 180 cm³/mol. The van der Waals surface area contributed by atoms with E-state index < -0.39 is 5.60 Å². The molecular weight excluding hydrogens is 641 g/mol. The summed E-state index contributed by atoms with van der Waals surface area (Å²) in [6.07, 6.45) is 6.98. The number of allylic oxidation sites excluding steroid dienone is 1. The number of aromatic nitrogens is 4. The van der Waals surface area contributed by atoms with Crippen molar-refractivity contribution >= 4 is 29.1 Å². The number of hydrogen-bond donors (Lipinski definition) is 3. The number of hydrogen-bond acceptors (Lipinski definition) is 10. The second kappa shape index (κ2) is 13.8. The van der Waals surface area contributed by atoms with E-state index in [2.05, 4.69) is 25.5 Å². The summed E-state index contributed by atoms with van der Waals surface area (Å²) in [6, 6.07) is 11.3. The molecule has 2 aromatic carbocycles. The molecule has 3 N–H and O–H groups in total. The summed E-state index contributed by atoms with van der Waals surface area (Å²) >= 11 is 14.1. The summed E-state index contributed by atoms with van der Waals surface area (Å²) in [5.74, 6) is 0.778. The molecule has 11 nitrogen and oxygen atoms in total. The Morgan fingerprint density at radius 2 is 1.51 bits per heavy atom. The van der Waals surface area contributed by atoms with Crippen LogP contribution in [0.4, 0.5) is 0 Å². The molecule has 2 fully saturated rings. The van der Waals surface area contributed by atoms with Crippen LogP contribution in [0.2, 0.25) is 10.0 Å². The van der Waals surface area contributed by atoms with Crippen molar-refractivity contribution in [2.45, 2.75) is 44.9 Å². The standard InChI is InChI=1S/C34H35Cl2N7O4/c1-34(45)12-13-43(19-34)18-28-33(47-3)42-26(17-39-28)24-9-5-7-22(31(24)36)21-6-4-8-23(30(21)35)25-16-38-27(32(41-25)46-2)15-37-14-20-10-11-29(44)40-20/h4-9,14,16-17,37,45H,10-13,15,18-19H2,1-3H3,(H,40,44)/b20-14+/t34-/m0/s1. The summed E-state index contributed by atoms with van der Waals surface area (Å²) in [5.41, 5.74) is 5.29. The molecule has 0 unspecified atom stereocenters. The smallest absolute Gasteiger partial charge is 0.237 e. The van der Waals surface area contributed by atoms with Crippen molar-refractivity contribution < 1.29 is 19.4 Å². The van der Waals surface area contributed by atoms with Crippen molar-refractivity contribution in [2.24, 2.45) is 0 Å². The van der Waals surface area contributed by atoms with E-state index in [1.165, 1.54) is 7.11 Å². The van der Waals surface area contributed by atoms with Crippen LogP contribution in [0.3, 0.4) is 0 Å². The molecule has 0 saturated carbocycles. The largest absolute Gasteiger partial charge is 0.480 e. The Hall–Kier alpha value is -4.29. The van der Waals surface area contributed by atoms with E-state index >= 15 is 0 Å². The fraction of sp³-hybridized carbons (Fsp3) is 0.324. The third-order valence-electron chi connectivity index (χ3n) is 8.22. The van der Waals surface area contributed by atoms with Gasteiger partial charge in [0.05, 0.1) is 60.2 Å². The second-order valence-electron chi connectivity index (χ2n) is 11.8. The van der Waals surface area contributed by atoms with E-state index in [-0.39, 0.29) is 5.91 Å². The van der Waals surface area contributed by atoms with E-state index in [0.717, 1.165) is 12.2 Å². The number of aliphatic hydroxyl groups is 1. The highest BCUT2D eigenvalue weighted by Gasteiger charge is 2.32. The number of benzene rings is 2. The lowest BCUT2D eigenvalue weighted by Gasteiger charge is -2.19. The number of nitrogens with one attached hydrogen (secondary N) is 2. The van der Waals surface area contributed by atoms with E-state index in [1.807, 2.05) is 43.3 Å². The molecule has 0 radical (unpaired) electrons. The topological polar surface area (TPSA) is 135 Å². The summed E-state index contributed by atoms with van der Waals surface area (Å²) in [7, 11) is 3.11. The van der Waals surface area contributed by atoms with E-state index in [1.54, 1.807) is 25.7 Å². The van der Waals surface area contributed by atoms with Gasteiger partial charge in [0.2, 0.25) is 17.7 Å². The van der Waals surface area contributed by atoms with Gasteiger partial charge in [-0.3, -0.25) is 19.7 Å². The Labute approximate surface area is 283 Å². The summed E-state index contributed by atoms with van der Waals surface area (Å²) in [5, 5.41) is 17.2. The van der Waals surface area contributed by atoms with Crippen LogP contribution in [-0.2, 0) is 17.9 Å². The number of β-amino-alcohol motifs (C(OH)–C–C–N with tert-alkyl or cyclic N) is 1. The number of carbonyl (C=O) groups excluding carboxylic acids is 1. The number of methoxy groups -OCH3 is 2. The monoisotopic (exact) mass is 675 g/mol. The fourth-order valence-corrected chi connectivity index (χ4v) is 6.45. The van der Waals surface area contributed by atoms with Gasteiger partial charge in [-0.05, 0) is 19.8 Å². The Bertz CT molecular complexity index is 1850. The Morgan fingerprint density at radius 1 is 0.936 bits per heavy atom. The lowest BCUT2D eigenvalue weighted by atomic mass is 9.98. The van der Waals surface area contributed by atoms with Crippen LogP contribution in [0.15, 0.2) is 60.7 Å². The van der Waals surface area contributed by atoms with Gasteiger partial charge in [0.1, 0.15) is 11.4 Å². The molecule has 47 heavy (non-hydrogen) atoms. The lowest BCUT2D eigenvalue weighted by molar-refractivity contribution is -0.118. The minimum absolute atomic E-state index is 0.0140. The predicted octanol–water partition coefficient (Wildman–Crippen LogP) is 5.39. The van der Waals surface area contributed by atoms with Crippen molar-refractivity contribution in [1.29, 1.82) is 0 Å². The first-order valence-electron chi connectivity index (χ1n) is 15.2. The molecule has 13 heteroatoms. The Balaban J connectivity index is 1.26. The van der Waals surface area contributed by atoms with Gasteiger partial charge < -0.3 is 25.2 Å². The number of ether oxygens (including phenoxy) is 2. The molecule has 244 valence electrons. The summed E-state index contributed by atoms with van der Waals surface area (Å²) in [4.78, 5) is 32.3. The highest BCUT2D eigenvalue weighted by Crippen LogP contribution is 2.42. The van der Waals surface area contributed by atoms with Gasteiger partial charge in [-0.15, -0.1) is 0 Å². The zero-order valence-electron chi connectivity index (χ0n) is 26.3. The first-order valence-corrected chi connectivity index (χ1v) is 16.0. The average molecular weight is 677 g/mol. The van der Waals surface area contributed by atoms with Gasteiger partial charge in [0.25, 0.3) is 0 Å². The molecule has 0 bridgehead atoms. The summed E-state index contributed by atoms with van der Waals surface area (Å²) < 4.78 is 11.2. The van der Waals surface area contributed by atoms with Gasteiger partial charge >= 0.3 is 0 Å². The van der Waals surface area contributed by atoms with Crippen LogP contribution in [0.5, 0.6) is 11.8 Å². The molecule has 4 aromatic rings. The minimum atomic E-state index is -0.707. The van der Waals surface area contributed by atoms with Gasteiger partial charge in [-0.25, -0.2) is 9.97 Å². The molecule has 2 aliphatic rings. The van der Waals surface area contributed by atoms with Crippen LogP contribution in [-0.4, -0.2) is 68.8 Å². The molecule has 0 spiro atoms. The third kappa shape index (κ3) is 7.18. The third-order valence-corrected chi connectivity index (χ3v) is 9.04. The molecule has 2 aromatic heterocycles. The summed E-state index contributed by atoms with van der Waals surface area (Å²) in [6.45, 7) is 4.06. The normalized spacial score (nSPS) is 18.9. The van der Waals surface area contributed by atoms with Gasteiger partial charge in [-0.1, -0.05) is 59.6 Å². The van der Waals surface area contributed by atoms with E-state index in [4.69, 9.17) is 42.6 Å². The average Bonchev–Trinajstić information content (AvgIpc) is 3.64. The van der Waals surface area contributed by atoms with Crippen LogP contribution in [0.1, 0.15) is 37.6 Å². The number of carbonyl (C=O) groups is 1. The lowest BCUT2D eigenvalue weighted by Crippen LogP contribution is -2.29. The van der Waals surface area contributed by atoms with Crippen molar-refractivity contribution in [3.8, 4) is 45.4 Å². The maximum atomic E-state index is 11.4. The fourth-order valence-electron chi connectivity index (χ4n) is 5.80. The van der Waals surface area contributed by atoms with Crippen LogP contribution >= 0.6 is 23.2 Å². The van der Waals surface area contributed by atoms with Crippen molar-refractivity contribution in [1.82, 2.24) is 35.5 Å². The Kier molecular flexibility index (Phi) is 9.60. The first kappa shape index (κ1) is 32.6. The van der Waals surface area contributed by atoms with Gasteiger partial charge in [0.15, 0.2) is 0 Å². The molecule has 2 saturated heterocycles. The van der Waals surface area contributed by atoms with Crippen LogP contribution < -0.4 is 20.1 Å². The van der Waals surface area contributed by atoms with Crippen LogP contribution in [0.25, 0.3) is 33.6 Å². The first-order chi connectivity index (χ1) is 22.7. The Morgan fingerprint density at radius 3 is 2.04 bits per heavy atom. The highest BCUT2D eigenvalue weighted by molar-refractivity contribution is 6.39. The maximum Gasteiger partial charge on any atom is 0.237 e. The number of nitrogens with zero attached hydrogens (tertiary/aromatic N) is 5. The highest BCUT2D eigenvalue weighted by atomic mass is 35.5. The maximum absolute atomic E-state index is 11.4. The van der Waals surface area contributed by atoms with Crippen molar-refractivity contribution in [3.63, 3.8) is 0 Å². The molecule has 1 atom stereocenters. The molecule has 2 aliphatic heterocycles. The van der Waals surface area contributed by atoms with Crippen LogP contribution in [0, 0.1) is 0 Å². The van der Waals surface area contributed by atoms with Crippen molar-refractivity contribution in [2.75, 3.05) is 27.3 Å². The molecule has 1 amide bonds. The second-order valence-corrected chi connectivity index (χ2v) is 12.6. The van der Waals surface area contributed by atoms with E-state index in [9.17, 15) is 9.90 Å². The SMILES string of the molecule is COc1nc(-c2cccc(-c3cccc(-c4cnc(CN5CC[C@](C)(O)C5)c(OC)n4)c3Cl)c2Cl)cnc1CN/C=C1\CCC(=O)N1. The van der Waals surface area contributed by atoms with Gasteiger partial charge in [-0.2, -0.15) is 0 Å². The van der Waals surface area contributed by atoms with E-state index in [0.29, 0.717) is 106 Å². The molecular formula is C34H35Cl2N7O4. The van der Waals surface area contributed by atoms with Gasteiger partial charge in [0, 0.05) is 60.2 Å². The number of halogens is 2. The number of rotatable bonds is 10. The molecule has 4 heterocycles. The molecule has 0 aliphatic carbocycles.